The van der Waals surface area contributed by atoms with Crippen LogP contribution in [0.5, 0.6) is 0 Å². The molecule has 5 nitrogen and oxygen atoms in total. The fourth-order valence-corrected chi connectivity index (χ4v) is 3.95. The molecule has 1 atom stereocenters. The number of hydrogen-bond donors (Lipinski definition) is 2. The van der Waals surface area contributed by atoms with E-state index in [0.29, 0.717) is 18.2 Å². The number of benzene rings is 1. The maximum absolute atomic E-state index is 12.5. The summed E-state index contributed by atoms with van der Waals surface area (Å²) in [6.07, 6.45) is 0.747. The van der Waals surface area contributed by atoms with Gasteiger partial charge in [-0.2, -0.15) is 0 Å². The molecular formula is C14H24ClN3O2S. The zero-order valence-corrected chi connectivity index (χ0v) is 14.5. The van der Waals surface area contributed by atoms with E-state index in [9.17, 15) is 8.42 Å². The van der Waals surface area contributed by atoms with Crippen molar-refractivity contribution in [3.63, 3.8) is 0 Å². The fourth-order valence-electron chi connectivity index (χ4n) is 2.18. The lowest BCUT2D eigenvalue weighted by Gasteiger charge is -2.24. The van der Waals surface area contributed by atoms with Gasteiger partial charge in [-0.05, 0) is 44.6 Å². The number of hydrogen-bond acceptors (Lipinski definition) is 4. The van der Waals surface area contributed by atoms with Gasteiger partial charge in [-0.1, -0.05) is 25.4 Å². The summed E-state index contributed by atoms with van der Waals surface area (Å²) in [7, 11) is 0.131. The van der Waals surface area contributed by atoms with Gasteiger partial charge < -0.3 is 10.6 Å². The molecule has 0 saturated carbocycles. The third-order valence-corrected chi connectivity index (χ3v) is 4.91. The minimum Gasteiger partial charge on any atom is -0.399 e. The van der Waals surface area contributed by atoms with Gasteiger partial charge in [0.05, 0.1) is 5.02 Å². The number of halogens is 1. The standard InChI is InChI=1S/C14H24ClN3O2S/c1-10(2)7-12(9-18(3)4)17-21(19,20)14-8-11(16)5-6-13(14)15/h5-6,8,10,12,17H,7,9,16H2,1-4H3. The summed E-state index contributed by atoms with van der Waals surface area (Å²) in [4.78, 5) is 1.98. The Balaban J connectivity index is 3.02. The predicted octanol–water partition coefficient (Wildman–Crippen LogP) is 2.18. The summed E-state index contributed by atoms with van der Waals surface area (Å²) >= 11 is 5.99. The van der Waals surface area contributed by atoms with Gasteiger partial charge in [-0.3, -0.25) is 0 Å². The molecule has 21 heavy (non-hydrogen) atoms. The number of rotatable bonds is 7. The first-order valence-corrected chi connectivity index (χ1v) is 8.70. The maximum Gasteiger partial charge on any atom is 0.242 e. The number of sulfonamides is 1. The van der Waals surface area contributed by atoms with Crippen molar-refractivity contribution in [2.45, 2.75) is 31.2 Å². The SMILES string of the molecule is CC(C)CC(CN(C)C)NS(=O)(=O)c1cc(N)ccc1Cl. The summed E-state index contributed by atoms with van der Waals surface area (Å²) in [6.45, 7) is 4.74. The zero-order chi connectivity index (χ0) is 16.2. The molecule has 120 valence electrons. The molecule has 0 aliphatic carbocycles. The van der Waals surface area contributed by atoms with Crippen molar-refractivity contribution in [2.75, 3.05) is 26.4 Å². The van der Waals surface area contributed by atoms with Crippen molar-refractivity contribution in [2.24, 2.45) is 5.92 Å². The number of nitrogen functional groups attached to an aromatic ring is 1. The number of nitrogens with one attached hydrogen (secondary N) is 1. The molecule has 0 amide bonds. The Hall–Kier alpha value is -0.820. The van der Waals surface area contributed by atoms with Crippen molar-refractivity contribution in [1.29, 1.82) is 0 Å². The van der Waals surface area contributed by atoms with Crippen LogP contribution in [0.15, 0.2) is 23.1 Å². The number of nitrogens with zero attached hydrogens (tertiary/aromatic N) is 1. The van der Waals surface area contributed by atoms with Gasteiger partial charge in [0.2, 0.25) is 10.0 Å². The van der Waals surface area contributed by atoms with Gasteiger partial charge in [0.15, 0.2) is 0 Å². The van der Waals surface area contributed by atoms with Crippen LogP contribution in [-0.4, -0.2) is 40.0 Å². The minimum atomic E-state index is -3.69. The van der Waals surface area contributed by atoms with E-state index in [1.54, 1.807) is 6.07 Å². The van der Waals surface area contributed by atoms with Gasteiger partial charge >= 0.3 is 0 Å². The topological polar surface area (TPSA) is 75.4 Å². The quantitative estimate of drug-likeness (QED) is 0.750. The zero-order valence-electron chi connectivity index (χ0n) is 12.9. The van der Waals surface area contributed by atoms with Gasteiger partial charge in [-0.25, -0.2) is 13.1 Å². The first-order valence-electron chi connectivity index (χ1n) is 6.84. The van der Waals surface area contributed by atoms with E-state index in [2.05, 4.69) is 18.6 Å². The monoisotopic (exact) mass is 333 g/mol. The van der Waals surface area contributed by atoms with Crippen molar-refractivity contribution < 1.29 is 8.42 Å². The Labute approximate surface area is 132 Å². The van der Waals surface area contributed by atoms with Crippen LogP contribution in [0.3, 0.4) is 0 Å². The molecule has 0 spiro atoms. The highest BCUT2D eigenvalue weighted by molar-refractivity contribution is 7.89. The molecule has 0 aliphatic heterocycles. The Kier molecular flexibility index (Phi) is 6.46. The summed E-state index contributed by atoms with van der Waals surface area (Å²) in [6, 6.07) is 4.27. The first kappa shape index (κ1) is 18.2. The smallest absolute Gasteiger partial charge is 0.242 e. The van der Waals surface area contributed by atoms with Crippen LogP contribution in [0.1, 0.15) is 20.3 Å². The molecule has 0 aliphatic rings. The van der Waals surface area contributed by atoms with Crippen LogP contribution in [0.4, 0.5) is 5.69 Å². The molecule has 7 heteroatoms. The predicted molar refractivity (Wildman–Crippen MR) is 88.0 cm³/mol. The first-order chi connectivity index (χ1) is 9.61. The Morgan fingerprint density at radius 1 is 1.33 bits per heavy atom. The lowest BCUT2D eigenvalue weighted by atomic mass is 10.0. The summed E-state index contributed by atoms with van der Waals surface area (Å²) < 4.78 is 27.7. The highest BCUT2D eigenvalue weighted by atomic mass is 35.5. The van der Waals surface area contributed by atoms with E-state index in [4.69, 9.17) is 17.3 Å². The highest BCUT2D eigenvalue weighted by Crippen LogP contribution is 2.24. The molecule has 0 radical (unpaired) electrons. The van der Waals surface area contributed by atoms with Crippen LogP contribution in [-0.2, 0) is 10.0 Å². The molecule has 0 saturated heterocycles. The summed E-state index contributed by atoms with van der Waals surface area (Å²) in [5.41, 5.74) is 6.03. The van der Waals surface area contributed by atoms with Crippen molar-refractivity contribution in [1.82, 2.24) is 9.62 Å². The molecule has 3 N–H and O–H groups in total. The largest absolute Gasteiger partial charge is 0.399 e. The van der Waals surface area contributed by atoms with E-state index in [1.807, 2.05) is 19.0 Å². The molecule has 1 aromatic rings. The van der Waals surface area contributed by atoms with Crippen LogP contribution in [0.2, 0.25) is 5.02 Å². The second-order valence-corrected chi connectivity index (χ2v) is 7.99. The van der Waals surface area contributed by atoms with Crippen molar-refractivity contribution in [3.05, 3.63) is 23.2 Å². The normalized spacial score (nSPS) is 13.9. The van der Waals surface area contributed by atoms with Crippen molar-refractivity contribution >= 4 is 27.3 Å². The summed E-state index contributed by atoms with van der Waals surface area (Å²) in [5.74, 6) is 0.383. The average Bonchev–Trinajstić information content (AvgIpc) is 2.29. The lowest BCUT2D eigenvalue weighted by molar-refractivity contribution is 0.329. The molecule has 0 heterocycles. The van der Waals surface area contributed by atoms with Gasteiger partial charge in [-0.15, -0.1) is 0 Å². The van der Waals surface area contributed by atoms with Crippen LogP contribution < -0.4 is 10.5 Å². The third-order valence-electron chi connectivity index (χ3n) is 2.91. The van der Waals surface area contributed by atoms with Gasteiger partial charge in [0.25, 0.3) is 0 Å². The molecule has 0 fully saturated rings. The van der Waals surface area contributed by atoms with Crippen LogP contribution in [0.25, 0.3) is 0 Å². The number of nitrogens with two attached hydrogens (primary N) is 1. The molecule has 0 bridgehead atoms. The van der Waals surface area contributed by atoms with E-state index in [1.165, 1.54) is 12.1 Å². The second kappa shape index (κ2) is 7.45. The van der Waals surface area contributed by atoms with Crippen LogP contribution in [0, 0.1) is 5.92 Å². The molecule has 0 aromatic heterocycles. The second-order valence-electron chi connectivity index (χ2n) is 5.90. The molecule has 1 rings (SSSR count). The minimum absolute atomic E-state index is 0.0247. The number of likely N-dealkylation sites (N-methyl/N-ethyl adjacent to an activating group) is 1. The van der Waals surface area contributed by atoms with Gasteiger partial charge in [0, 0.05) is 18.3 Å². The summed E-state index contributed by atoms with van der Waals surface area (Å²) in [5, 5.41) is 0.171. The van der Waals surface area contributed by atoms with E-state index in [0.717, 1.165) is 6.42 Å². The average molecular weight is 334 g/mol. The van der Waals surface area contributed by atoms with Gasteiger partial charge in [0.1, 0.15) is 4.90 Å². The fraction of sp³-hybridized carbons (Fsp3) is 0.571. The van der Waals surface area contributed by atoms with E-state index < -0.39 is 10.0 Å². The molecular weight excluding hydrogens is 310 g/mol. The lowest BCUT2D eigenvalue weighted by Crippen LogP contribution is -2.42. The third kappa shape index (κ3) is 5.82. The maximum atomic E-state index is 12.5. The van der Waals surface area contributed by atoms with E-state index >= 15 is 0 Å². The Morgan fingerprint density at radius 3 is 2.48 bits per heavy atom. The van der Waals surface area contributed by atoms with Crippen molar-refractivity contribution in [3.8, 4) is 0 Å². The molecule has 1 aromatic carbocycles. The van der Waals surface area contributed by atoms with E-state index in [-0.39, 0.29) is 16.0 Å². The molecule has 1 unspecified atom stereocenters. The number of anilines is 1. The highest BCUT2D eigenvalue weighted by Gasteiger charge is 2.23. The Morgan fingerprint density at radius 2 is 1.95 bits per heavy atom. The Bertz CT molecular complexity index is 564. The van der Waals surface area contributed by atoms with Crippen LogP contribution >= 0.6 is 11.6 Å².